The first-order valence-electron chi connectivity index (χ1n) is 11.0. The predicted octanol–water partition coefficient (Wildman–Crippen LogP) is 4.10. The number of sulfonamides is 1. The third-order valence-corrected chi connectivity index (χ3v) is 6.87. The summed E-state index contributed by atoms with van der Waals surface area (Å²) in [6.45, 7) is 5.04. The fourth-order valence-electron chi connectivity index (χ4n) is 3.51. The molecular weight excluding hydrogens is 513 g/mol. The zero-order valence-corrected chi connectivity index (χ0v) is 22.7. The van der Waals surface area contributed by atoms with E-state index in [1.807, 2.05) is 13.8 Å². The molecule has 0 aliphatic heterocycles. The van der Waals surface area contributed by atoms with E-state index >= 15 is 0 Å². The van der Waals surface area contributed by atoms with E-state index < -0.39 is 28.5 Å². The van der Waals surface area contributed by atoms with Crippen molar-refractivity contribution in [3.8, 4) is 5.75 Å². The van der Waals surface area contributed by atoms with Gasteiger partial charge in [0.2, 0.25) is 21.8 Å². The summed E-state index contributed by atoms with van der Waals surface area (Å²) in [6.07, 6.45) is 1.34. The number of amides is 2. The number of hydrogen-bond acceptors (Lipinski definition) is 5. The predicted molar refractivity (Wildman–Crippen MR) is 140 cm³/mol. The summed E-state index contributed by atoms with van der Waals surface area (Å²) in [7, 11) is -2.42. The molecule has 2 amide bonds. The van der Waals surface area contributed by atoms with E-state index in [0.717, 1.165) is 16.1 Å². The molecule has 0 radical (unpaired) electrons. The molecule has 0 spiro atoms. The van der Waals surface area contributed by atoms with E-state index in [2.05, 4.69) is 5.32 Å². The average molecular weight is 545 g/mol. The van der Waals surface area contributed by atoms with Crippen LogP contribution in [0.2, 0.25) is 10.0 Å². The molecule has 0 aromatic heterocycles. The van der Waals surface area contributed by atoms with Gasteiger partial charge in [0, 0.05) is 17.6 Å². The Morgan fingerprint density at radius 2 is 1.71 bits per heavy atom. The Hall–Kier alpha value is -2.49. The lowest BCUT2D eigenvalue weighted by molar-refractivity contribution is -0.140. The molecule has 1 N–H and O–H groups in total. The van der Waals surface area contributed by atoms with Gasteiger partial charge in [0.1, 0.15) is 18.3 Å². The lowest BCUT2D eigenvalue weighted by Crippen LogP contribution is -2.53. The maximum atomic E-state index is 13.6. The summed E-state index contributed by atoms with van der Waals surface area (Å²) in [6, 6.07) is 10.4. The molecule has 0 aliphatic carbocycles. The smallest absolute Gasteiger partial charge is 0.244 e. The minimum atomic E-state index is -3.86. The Morgan fingerprint density at radius 3 is 2.20 bits per heavy atom. The number of methoxy groups -OCH3 is 1. The number of ether oxygens (including phenoxy) is 1. The second kappa shape index (κ2) is 12.5. The van der Waals surface area contributed by atoms with Crippen LogP contribution >= 0.6 is 23.2 Å². The van der Waals surface area contributed by atoms with Crippen molar-refractivity contribution in [2.75, 3.05) is 24.2 Å². The number of carbonyl (C=O) groups is 2. The van der Waals surface area contributed by atoms with Crippen LogP contribution in [0.3, 0.4) is 0 Å². The van der Waals surface area contributed by atoms with Gasteiger partial charge in [-0.3, -0.25) is 13.9 Å². The van der Waals surface area contributed by atoms with E-state index in [0.29, 0.717) is 17.2 Å². The van der Waals surface area contributed by atoms with Crippen molar-refractivity contribution in [2.45, 2.75) is 45.8 Å². The molecule has 2 aromatic rings. The largest absolute Gasteiger partial charge is 0.495 e. The molecule has 2 rings (SSSR count). The van der Waals surface area contributed by atoms with Gasteiger partial charge in [0.05, 0.1) is 24.1 Å². The van der Waals surface area contributed by atoms with Crippen molar-refractivity contribution in [2.24, 2.45) is 0 Å². The van der Waals surface area contributed by atoms with Crippen LogP contribution in [0.5, 0.6) is 5.75 Å². The maximum Gasteiger partial charge on any atom is 0.244 e. The van der Waals surface area contributed by atoms with Gasteiger partial charge in [-0.2, -0.15) is 0 Å². The van der Waals surface area contributed by atoms with Gasteiger partial charge in [-0.15, -0.1) is 0 Å². The van der Waals surface area contributed by atoms with Gasteiger partial charge < -0.3 is 15.0 Å². The molecule has 192 valence electrons. The minimum Gasteiger partial charge on any atom is -0.495 e. The van der Waals surface area contributed by atoms with E-state index in [4.69, 9.17) is 27.9 Å². The summed E-state index contributed by atoms with van der Waals surface area (Å²) in [4.78, 5) is 27.9. The van der Waals surface area contributed by atoms with Crippen molar-refractivity contribution in [1.82, 2.24) is 10.2 Å². The van der Waals surface area contributed by atoms with Crippen LogP contribution in [-0.4, -0.2) is 57.1 Å². The molecule has 11 heteroatoms. The monoisotopic (exact) mass is 543 g/mol. The topological polar surface area (TPSA) is 96.0 Å². The number of anilines is 1. The lowest BCUT2D eigenvalue weighted by atomic mass is 10.1. The SMILES string of the molecule is CCC(C(=O)NC(C)C)N(Cc1ccc(Cl)cc1)C(=O)CN(c1ccc(OC)c(Cl)c1)S(C)(=O)=O. The summed E-state index contributed by atoms with van der Waals surface area (Å²) in [5.74, 6) is -0.484. The highest BCUT2D eigenvalue weighted by molar-refractivity contribution is 7.92. The summed E-state index contributed by atoms with van der Waals surface area (Å²) < 4.78 is 31.4. The molecule has 1 unspecified atom stereocenters. The highest BCUT2D eigenvalue weighted by Crippen LogP contribution is 2.30. The second-order valence-corrected chi connectivity index (χ2v) is 11.1. The first kappa shape index (κ1) is 28.7. The molecule has 0 saturated carbocycles. The van der Waals surface area contributed by atoms with E-state index in [1.165, 1.54) is 30.2 Å². The molecule has 0 heterocycles. The van der Waals surface area contributed by atoms with E-state index in [9.17, 15) is 18.0 Å². The van der Waals surface area contributed by atoms with Gasteiger partial charge in [0.25, 0.3) is 0 Å². The molecule has 1 atom stereocenters. The second-order valence-electron chi connectivity index (χ2n) is 8.32. The van der Waals surface area contributed by atoms with Gasteiger partial charge in [-0.1, -0.05) is 42.3 Å². The van der Waals surface area contributed by atoms with Crippen LogP contribution in [0.1, 0.15) is 32.8 Å². The third kappa shape index (κ3) is 8.02. The zero-order chi connectivity index (χ0) is 26.3. The molecule has 0 saturated heterocycles. The fraction of sp³-hybridized carbons (Fsp3) is 0.417. The summed E-state index contributed by atoms with van der Waals surface area (Å²) in [5, 5.41) is 3.58. The molecular formula is C24H31Cl2N3O5S. The Kier molecular flexibility index (Phi) is 10.2. The third-order valence-electron chi connectivity index (χ3n) is 5.19. The van der Waals surface area contributed by atoms with Crippen LogP contribution < -0.4 is 14.4 Å². The van der Waals surface area contributed by atoms with E-state index in [1.54, 1.807) is 31.2 Å². The van der Waals surface area contributed by atoms with Crippen molar-refractivity contribution in [3.63, 3.8) is 0 Å². The van der Waals surface area contributed by atoms with Gasteiger partial charge in [-0.25, -0.2) is 8.42 Å². The Balaban J connectivity index is 2.45. The van der Waals surface area contributed by atoms with E-state index in [-0.39, 0.29) is 29.2 Å². The highest BCUT2D eigenvalue weighted by atomic mass is 35.5. The number of nitrogens with one attached hydrogen (secondary N) is 1. The number of halogens is 2. The zero-order valence-electron chi connectivity index (χ0n) is 20.4. The number of rotatable bonds is 11. The Morgan fingerprint density at radius 1 is 1.09 bits per heavy atom. The molecule has 2 aromatic carbocycles. The van der Waals surface area contributed by atoms with Crippen LogP contribution in [0, 0.1) is 0 Å². The lowest BCUT2D eigenvalue weighted by Gasteiger charge is -2.33. The number of benzene rings is 2. The van der Waals surface area contributed by atoms with Crippen molar-refractivity contribution < 1.29 is 22.7 Å². The van der Waals surface area contributed by atoms with Gasteiger partial charge in [0.15, 0.2) is 0 Å². The molecule has 8 nitrogen and oxygen atoms in total. The number of carbonyl (C=O) groups excluding carboxylic acids is 2. The van der Waals surface area contributed by atoms with Crippen LogP contribution in [0.25, 0.3) is 0 Å². The van der Waals surface area contributed by atoms with Gasteiger partial charge in [-0.05, 0) is 56.2 Å². The molecule has 0 aliphatic rings. The van der Waals surface area contributed by atoms with Crippen LogP contribution in [0.4, 0.5) is 5.69 Å². The summed E-state index contributed by atoms with van der Waals surface area (Å²) in [5.41, 5.74) is 0.953. The van der Waals surface area contributed by atoms with Crippen LogP contribution in [0.15, 0.2) is 42.5 Å². The highest BCUT2D eigenvalue weighted by Gasteiger charge is 2.32. The van der Waals surface area contributed by atoms with Crippen molar-refractivity contribution >= 4 is 50.7 Å². The Labute approximate surface area is 217 Å². The number of nitrogens with zero attached hydrogens (tertiary/aromatic N) is 2. The first-order chi connectivity index (χ1) is 16.4. The minimum absolute atomic E-state index is 0.0982. The van der Waals surface area contributed by atoms with Crippen LogP contribution in [-0.2, 0) is 26.2 Å². The maximum absolute atomic E-state index is 13.6. The summed E-state index contributed by atoms with van der Waals surface area (Å²) >= 11 is 12.2. The standard InChI is InChI=1S/C24H31Cl2N3O5S/c1-6-21(24(31)27-16(2)3)28(14-17-7-9-18(25)10-8-17)23(30)15-29(35(5,32)33)19-11-12-22(34-4)20(26)13-19/h7-13,16,21H,6,14-15H2,1-5H3,(H,27,31). The quantitative estimate of drug-likeness (QED) is 0.460. The number of hydrogen-bond donors (Lipinski definition) is 1. The first-order valence-corrected chi connectivity index (χ1v) is 13.6. The van der Waals surface area contributed by atoms with Crippen molar-refractivity contribution in [1.29, 1.82) is 0 Å². The molecule has 35 heavy (non-hydrogen) atoms. The molecule has 0 bridgehead atoms. The molecule has 0 fully saturated rings. The Bertz CT molecular complexity index is 1140. The van der Waals surface area contributed by atoms with Crippen molar-refractivity contribution in [3.05, 3.63) is 58.1 Å². The average Bonchev–Trinajstić information content (AvgIpc) is 2.77. The fourth-order valence-corrected chi connectivity index (χ4v) is 4.73. The van der Waals surface area contributed by atoms with Gasteiger partial charge >= 0.3 is 0 Å². The normalized spacial score (nSPS) is 12.2.